The van der Waals surface area contributed by atoms with Crippen molar-refractivity contribution in [3.63, 3.8) is 0 Å². The van der Waals surface area contributed by atoms with Gasteiger partial charge >= 0.3 is 0 Å². The zero-order valence-electron chi connectivity index (χ0n) is 22.5. The normalized spacial score (nSPS) is 11.5. The maximum atomic E-state index is 13.7. The summed E-state index contributed by atoms with van der Waals surface area (Å²) in [6, 6.07) is 15.2. The molecule has 38 heavy (non-hydrogen) atoms. The summed E-state index contributed by atoms with van der Waals surface area (Å²) in [5.41, 5.74) is 3.98. The second kappa shape index (κ2) is 12.0. The molecule has 0 aliphatic rings. The van der Waals surface area contributed by atoms with Gasteiger partial charge in [0.1, 0.15) is 5.75 Å². The summed E-state index contributed by atoms with van der Waals surface area (Å²) in [4.78, 5) is 18.6. The van der Waals surface area contributed by atoms with E-state index in [1.807, 2.05) is 57.2 Å². The quantitative estimate of drug-likeness (QED) is 0.151. The predicted molar refractivity (Wildman–Crippen MR) is 161 cm³/mol. The molecule has 0 saturated carbocycles. The van der Waals surface area contributed by atoms with Crippen LogP contribution in [0.4, 0.5) is 0 Å². The number of halogens is 1. The van der Waals surface area contributed by atoms with Crippen molar-refractivity contribution in [2.45, 2.75) is 40.5 Å². The van der Waals surface area contributed by atoms with Gasteiger partial charge < -0.3 is 14.2 Å². The molecule has 4 rings (SSSR count). The molecule has 0 fully saturated rings. The van der Waals surface area contributed by atoms with Gasteiger partial charge in [-0.2, -0.15) is 9.78 Å². The van der Waals surface area contributed by atoms with Crippen LogP contribution in [-0.4, -0.2) is 36.2 Å². The molecule has 8 heteroatoms. The minimum absolute atomic E-state index is 0.221. The molecule has 0 spiro atoms. The van der Waals surface area contributed by atoms with E-state index in [-0.39, 0.29) is 11.5 Å². The minimum Gasteiger partial charge on any atom is -0.494 e. The zero-order valence-corrected chi connectivity index (χ0v) is 24.7. The Morgan fingerprint density at radius 3 is 2.45 bits per heavy atom. The summed E-state index contributed by atoms with van der Waals surface area (Å²) >= 11 is 2.20. The maximum Gasteiger partial charge on any atom is 0.282 e. The van der Waals surface area contributed by atoms with Crippen LogP contribution in [0.1, 0.15) is 50.3 Å². The van der Waals surface area contributed by atoms with Gasteiger partial charge in [-0.15, -0.1) is 0 Å². The lowest BCUT2D eigenvalue weighted by Gasteiger charge is -2.18. The van der Waals surface area contributed by atoms with Gasteiger partial charge in [-0.05, 0) is 102 Å². The SMILES string of the molecule is CCOc1cc(C)c(-c2nc3ccccc3c(=O)n2N=Cc2cc(I)c(OC)c(OCC)c2)cc1C(C)C. The number of benzene rings is 3. The Bertz CT molecular complexity index is 1560. The third-order valence-electron chi connectivity index (χ3n) is 6.13. The van der Waals surface area contributed by atoms with E-state index >= 15 is 0 Å². The van der Waals surface area contributed by atoms with E-state index in [4.69, 9.17) is 19.2 Å². The first-order valence-corrected chi connectivity index (χ1v) is 13.7. The summed E-state index contributed by atoms with van der Waals surface area (Å²) in [6.07, 6.45) is 1.65. The van der Waals surface area contributed by atoms with Crippen molar-refractivity contribution in [3.8, 4) is 28.6 Å². The van der Waals surface area contributed by atoms with E-state index in [2.05, 4.69) is 47.6 Å². The van der Waals surface area contributed by atoms with Gasteiger partial charge in [-0.3, -0.25) is 4.79 Å². The molecule has 1 aromatic heterocycles. The van der Waals surface area contributed by atoms with Gasteiger partial charge in [-0.25, -0.2) is 4.98 Å². The van der Waals surface area contributed by atoms with Crippen LogP contribution in [0.5, 0.6) is 17.2 Å². The average molecular weight is 626 g/mol. The van der Waals surface area contributed by atoms with E-state index in [1.165, 1.54) is 4.68 Å². The molecule has 0 N–H and O–H groups in total. The van der Waals surface area contributed by atoms with Crippen LogP contribution in [0.2, 0.25) is 0 Å². The lowest BCUT2D eigenvalue weighted by Crippen LogP contribution is -2.21. The molecule has 4 aromatic rings. The van der Waals surface area contributed by atoms with Gasteiger partial charge in [0.15, 0.2) is 17.3 Å². The Kier molecular flexibility index (Phi) is 8.71. The smallest absolute Gasteiger partial charge is 0.282 e. The second-order valence-corrected chi connectivity index (χ2v) is 10.2. The highest BCUT2D eigenvalue weighted by Crippen LogP contribution is 2.35. The molecule has 0 saturated heterocycles. The van der Waals surface area contributed by atoms with Gasteiger partial charge in [0.25, 0.3) is 5.56 Å². The number of nitrogens with zero attached hydrogens (tertiary/aromatic N) is 3. The molecule has 3 aromatic carbocycles. The first-order chi connectivity index (χ1) is 18.3. The molecule has 0 aliphatic heterocycles. The number of para-hydroxylation sites is 1. The van der Waals surface area contributed by atoms with Crippen LogP contribution in [0, 0.1) is 10.5 Å². The third kappa shape index (κ3) is 5.55. The summed E-state index contributed by atoms with van der Waals surface area (Å²) in [5.74, 6) is 2.83. The van der Waals surface area contributed by atoms with Crippen LogP contribution in [0.25, 0.3) is 22.3 Å². The number of ether oxygens (including phenoxy) is 3. The van der Waals surface area contributed by atoms with Gasteiger partial charge in [0, 0.05) is 5.56 Å². The van der Waals surface area contributed by atoms with Crippen molar-refractivity contribution in [2.24, 2.45) is 5.10 Å². The van der Waals surface area contributed by atoms with E-state index < -0.39 is 0 Å². The molecule has 0 radical (unpaired) electrons. The van der Waals surface area contributed by atoms with E-state index in [0.29, 0.717) is 41.4 Å². The lowest BCUT2D eigenvalue weighted by molar-refractivity contribution is 0.309. The lowest BCUT2D eigenvalue weighted by atomic mass is 9.96. The molecular weight excluding hydrogens is 593 g/mol. The largest absolute Gasteiger partial charge is 0.494 e. The third-order valence-corrected chi connectivity index (χ3v) is 6.93. The molecule has 7 nitrogen and oxygen atoms in total. The Hall–Kier alpha value is -3.40. The number of aromatic nitrogens is 2. The highest BCUT2D eigenvalue weighted by Gasteiger charge is 2.19. The zero-order chi connectivity index (χ0) is 27.4. The summed E-state index contributed by atoms with van der Waals surface area (Å²) in [5, 5.41) is 5.16. The predicted octanol–water partition coefficient (Wildman–Crippen LogP) is 6.79. The van der Waals surface area contributed by atoms with Gasteiger partial charge in [0.05, 0.1) is 41.0 Å². The number of hydrogen-bond donors (Lipinski definition) is 0. The highest BCUT2D eigenvalue weighted by atomic mass is 127. The second-order valence-electron chi connectivity index (χ2n) is 9.07. The molecule has 0 unspecified atom stereocenters. The standard InChI is InChI=1S/C30H32IN3O4/c1-7-37-26-13-19(5)23(16-22(26)18(3)4)29-33-25-12-10-9-11-21(25)30(35)34(29)32-17-20-14-24(31)28(36-6)27(15-20)38-8-2/h9-18H,7-8H2,1-6H3. The topological polar surface area (TPSA) is 74.9 Å². The summed E-state index contributed by atoms with van der Waals surface area (Å²) in [6.45, 7) is 11.2. The molecule has 198 valence electrons. The highest BCUT2D eigenvalue weighted by molar-refractivity contribution is 14.1. The van der Waals surface area contributed by atoms with Crippen LogP contribution in [0.15, 0.2) is 58.4 Å². The molecule has 0 atom stereocenters. The van der Waals surface area contributed by atoms with Crippen LogP contribution >= 0.6 is 22.6 Å². The van der Waals surface area contributed by atoms with E-state index in [0.717, 1.165) is 31.6 Å². The Balaban J connectivity index is 1.95. The van der Waals surface area contributed by atoms with E-state index in [1.54, 1.807) is 19.4 Å². The van der Waals surface area contributed by atoms with Crippen molar-refractivity contribution in [3.05, 3.63) is 79.1 Å². The summed E-state index contributed by atoms with van der Waals surface area (Å²) < 4.78 is 19.5. The Morgan fingerprint density at radius 2 is 1.76 bits per heavy atom. The number of aryl methyl sites for hydroxylation is 1. The first-order valence-electron chi connectivity index (χ1n) is 12.6. The molecule has 0 amide bonds. The first kappa shape index (κ1) is 27.6. The van der Waals surface area contributed by atoms with Crippen LogP contribution in [-0.2, 0) is 0 Å². The van der Waals surface area contributed by atoms with Crippen molar-refractivity contribution in [2.75, 3.05) is 20.3 Å². The maximum absolute atomic E-state index is 13.7. The number of fused-ring (bicyclic) bond motifs is 1. The Morgan fingerprint density at radius 1 is 1.05 bits per heavy atom. The van der Waals surface area contributed by atoms with Crippen molar-refractivity contribution in [1.82, 2.24) is 9.66 Å². The van der Waals surface area contributed by atoms with Gasteiger partial charge in [-0.1, -0.05) is 26.0 Å². The van der Waals surface area contributed by atoms with Crippen molar-refractivity contribution >= 4 is 39.7 Å². The van der Waals surface area contributed by atoms with E-state index in [9.17, 15) is 4.79 Å². The van der Waals surface area contributed by atoms with Crippen molar-refractivity contribution < 1.29 is 14.2 Å². The fraction of sp³-hybridized carbons (Fsp3) is 0.300. The fourth-order valence-corrected chi connectivity index (χ4v) is 5.17. The summed E-state index contributed by atoms with van der Waals surface area (Å²) in [7, 11) is 1.62. The van der Waals surface area contributed by atoms with Crippen LogP contribution in [0.3, 0.4) is 0 Å². The van der Waals surface area contributed by atoms with Crippen LogP contribution < -0.4 is 19.8 Å². The van der Waals surface area contributed by atoms with Gasteiger partial charge in [0.2, 0.25) is 0 Å². The fourth-order valence-electron chi connectivity index (χ4n) is 4.32. The number of rotatable bonds is 9. The average Bonchev–Trinajstić information content (AvgIpc) is 2.88. The number of methoxy groups -OCH3 is 1. The molecule has 0 aliphatic carbocycles. The monoisotopic (exact) mass is 625 g/mol. The molecular formula is C30H32IN3O4. The molecule has 0 bridgehead atoms. The Labute approximate surface area is 236 Å². The molecule has 1 heterocycles. The minimum atomic E-state index is -0.241. The number of hydrogen-bond acceptors (Lipinski definition) is 6. The van der Waals surface area contributed by atoms with Crippen molar-refractivity contribution in [1.29, 1.82) is 0 Å².